The van der Waals surface area contributed by atoms with Crippen LogP contribution in [0.4, 0.5) is 0 Å². The zero-order valence-corrected chi connectivity index (χ0v) is 17.1. The van der Waals surface area contributed by atoms with E-state index in [4.69, 9.17) is 12.6 Å². The predicted molar refractivity (Wildman–Crippen MR) is 111 cm³/mol. The minimum absolute atomic E-state index is 0.0689. The predicted octanol–water partition coefficient (Wildman–Crippen LogP) is 7.43. The van der Waals surface area contributed by atoms with E-state index in [-0.39, 0.29) is 4.75 Å². The van der Waals surface area contributed by atoms with Crippen LogP contribution < -0.4 is 0 Å². The summed E-state index contributed by atoms with van der Waals surface area (Å²) in [5.41, 5.74) is 3.82. The molecular weight excluding hydrogens is 324 g/mol. The third kappa shape index (κ3) is 4.04. The molecule has 1 nitrogen and oxygen atoms in total. The smallest absolute Gasteiger partial charge is 0.122 e. The van der Waals surface area contributed by atoms with E-state index >= 15 is 0 Å². The quantitative estimate of drug-likeness (QED) is 0.523. The van der Waals surface area contributed by atoms with E-state index in [0.717, 1.165) is 12.8 Å². The molecule has 0 aromatic heterocycles. The Balaban J connectivity index is 2.06. The molecule has 0 heterocycles. The molecule has 0 spiro atoms. The number of benzene rings is 1. The normalized spacial score (nSPS) is 20.8. The number of rotatable bonds is 5. The van der Waals surface area contributed by atoms with Gasteiger partial charge in [0.2, 0.25) is 0 Å². The van der Waals surface area contributed by atoms with Crippen molar-refractivity contribution in [1.29, 1.82) is 0 Å². The largest absolute Gasteiger partial charge is 0.507 e. The van der Waals surface area contributed by atoms with E-state index in [9.17, 15) is 5.11 Å². The topological polar surface area (TPSA) is 20.2 Å². The van der Waals surface area contributed by atoms with Gasteiger partial charge < -0.3 is 5.11 Å². The standard InChI is InChI=1S/C23H36OS/c1-3-23(25,4-2)19-15-20(17-11-7-5-8-12-17)22(24)21(16-19)18-13-9-6-10-14-18/h15-18,24-25H,3-14H2,1-2H3. The summed E-state index contributed by atoms with van der Waals surface area (Å²) in [6.45, 7) is 4.48. The Bertz CT molecular complexity index is 524. The van der Waals surface area contributed by atoms with Crippen LogP contribution >= 0.6 is 12.6 Å². The molecule has 1 aromatic carbocycles. The van der Waals surface area contributed by atoms with Crippen molar-refractivity contribution < 1.29 is 5.11 Å². The number of phenolic OH excluding ortho intramolecular Hbond substituents is 1. The van der Waals surface area contributed by atoms with Gasteiger partial charge in [-0.05, 0) is 67.1 Å². The molecule has 140 valence electrons. The minimum atomic E-state index is -0.0689. The van der Waals surface area contributed by atoms with Crippen molar-refractivity contribution in [1.82, 2.24) is 0 Å². The van der Waals surface area contributed by atoms with Crippen LogP contribution in [0, 0.1) is 0 Å². The van der Waals surface area contributed by atoms with Crippen molar-refractivity contribution in [2.24, 2.45) is 0 Å². The molecule has 2 aliphatic rings. The summed E-state index contributed by atoms with van der Waals surface area (Å²) in [4.78, 5) is 0. The molecule has 2 aliphatic carbocycles. The third-order valence-corrected chi connectivity index (χ3v) is 7.86. The summed E-state index contributed by atoms with van der Waals surface area (Å²) in [5.74, 6) is 1.72. The lowest BCUT2D eigenvalue weighted by Crippen LogP contribution is -2.19. The highest BCUT2D eigenvalue weighted by atomic mass is 32.1. The summed E-state index contributed by atoms with van der Waals surface area (Å²) in [5, 5.41) is 11.2. The van der Waals surface area contributed by atoms with Gasteiger partial charge in [0.1, 0.15) is 5.75 Å². The lowest BCUT2D eigenvalue weighted by atomic mass is 9.76. The average molecular weight is 361 g/mol. The van der Waals surface area contributed by atoms with Gasteiger partial charge in [-0.25, -0.2) is 0 Å². The molecule has 0 bridgehead atoms. The van der Waals surface area contributed by atoms with Crippen LogP contribution in [0.3, 0.4) is 0 Å². The first-order valence-electron chi connectivity index (χ1n) is 10.7. The molecule has 1 aromatic rings. The Kier molecular flexibility index (Phi) is 6.41. The number of hydrogen-bond acceptors (Lipinski definition) is 2. The lowest BCUT2D eigenvalue weighted by Gasteiger charge is -2.32. The van der Waals surface area contributed by atoms with E-state index < -0.39 is 0 Å². The Labute approximate surface area is 160 Å². The van der Waals surface area contributed by atoms with Crippen molar-refractivity contribution in [3.63, 3.8) is 0 Å². The van der Waals surface area contributed by atoms with Gasteiger partial charge in [0.05, 0.1) is 0 Å². The number of hydrogen-bond donors (Lipinski definition) is 2. The van der Waals surface area contributed by atoms with Gasteiger partial charge >= 0.3 is 0 Å². The van der Waals surface area contributed by atoms with Gasteiger partial charge in [0, 0.05) is 4.75 Å². The fourth-order valence-corrected chi connectivity index (χ4v) is 5.19. The van der Waals surface area contributed by atoms with Crippen LogP contribution in [0.2, 0.25) is 0 Å². The summed E-state index contributed by atoms with van der Waals surface area (Å²) >= 11 is 5.08. The Morgan fingerprint density at radius 1 is 0.840 bits per heavy atom. The van der Waals surface area contributed by atoms with Gasteiger partial charge in [-0.1, -0.05) is 64.5 Å². The maximum Gasteiger partial charge on any atom is 0.122 e. The van der Waals surface area contributed by atoms with Gasteiger partial charge in [-0.3, -0.25) is 0 Å². The van der Waals surface area contributed by atoms with Gasteiger partial charge in [-0.15, -0.1) is 0 Å². The summed E-state index contributed by atoms with van der Waals surface area (Å²) in [7, 11) is 0. The second-order valence-electron chi connectivity index (χ2n) is 8.41. The van der Waals surface area contributed by atoms with Crippen LogP contribution in [-0.2, 0) is 4.75 Å². The van der Waals surface area contributed by atoms with Gasteiger partial charge in [-0.2, -0.15) is 12.6 Å². The Morgan fingerprint density at radius 3 is 1.60 bits per heavy atom. The molecule has 0 radical (unpaired) electrons. The van der Waals surface area contributed by atoms with Crippen LogP contribution in [0.15, 0.2) is 12.1 Å². The lowest BCUT2D eigenvalue weighted by molar-refractivity contribution is 0.391. The maximum atomic E-state index is 11.2. The maximum absolute atomic E-state index is 11.2. The molecule has 0 saturated heterocycles. The van der Waals surface area contributed by atoms with Crippen LogP contribution in [0.5, 0.6) is 5.75 Å². The molecule has 0 amide bonds. The molecule has 1 N–H and O–H groups in total. The zero-order valence-electron chi connectivity index (χ0n) is 16.2. The SMILES string of the molecule is CCC(S)(CC)c1cc(C2CCCCC2)c(O)c(C2CCCCC2)c1. The average Bonchev–Trinajstić information content (AvgIpc) is 2.69. The number of thiol groups is 1. The van der Waals surface area contributed by atoms with Crippen molar-refractivity contribution in [2.75, 3.05) is 0 Å². The highest BCUT2D eigenvalue weighted by molar-refractivity contribution is 7.81. The van der Waals surface area contributed by atoms with Crippen LogP contribution in [0.1, 0.15) is 119 Å². The molecule has 2 heteroatoms. The second-order valence-corrected chi connectivity index (χ2v) is 9.27. The highest BCUT2D eigenvalue weighted by Crippen LogP contribution is 2.47. The first kappa shape index (κ1) is 19.1. The fourth-order valence-electron chi connectivity index (χ4n) is 5.06. The van der Waals surface area contributed by atoms with Crippen molar-refractivity contribution in [2.45, 2.75) is 107 Å². The monoisotopic (exact) mass is 360 g/mol. The Morgan fingerprint density at radius 2 is 1.24 bits per heavy atom. The van der Waals surface area contributed by atoms with E-state index in [2.05, 4.69) is 26.0 Å². The van der Waals surface area contributed by atoms with Crippen molar-refractivity contribution in [3.05, 3.63) is 28.8 Å². The molecule has 2 fully saturated rings. The molecule has 0 aliphatic heterocycles. The molecule has 2 saturated carbocycles. The molecule has 3 rings (SSSR count). The summed E-state index contributed by atoms with van der Waals surface area (Å²) in [6.07, 6.45) is 14.9. The summed E-state index contributed by atoms with van der Waals surface area (Å²) in [6, 6.07) is 4.63. The van der Waals surface area contributed by atoms with Crippen molar-refractivity contribution in [3.8, 4) is 5.75 Å². The molecule has 0 atom stereocenters. The van der Waals surface area contributed by atoms with Crippen LogP contribution in [-0.4, -0.2) is 5.11 Å². The molecule has 0 unspecified atom stereocenters. The third-order valence-electron chi connectivity index (χ3n) is 6.97. The number of phenols is 1. The fraction of sp³-hybridized carbons (Fsp3) is 0.739. The zero-order chi connectivity index (χ0) is 17.9. The van der Waals surface area contributed by atoms with Crippen molar-refractivity contribution >= 4 is 12.6 Å². The molecule has 25 heavy (non-hydrogen) atoms. The first-order chi connectivity index (χ1) is 12.1. The molecular formula is C23H36OS. The number of aromatic hydroxyl groups is 1. The minimum Gasteiger partial charge on any atom is -0.507 e. The Hall–Kier alpha value is -0.630. The highest BCUT2D eigenvalue weighted by Gasteiger charge is 2.30. The van der Waals surface area contributed by atoms with E-state index in [0.29, 0.717) is 17.6 Å². The van der Waals surface area contributed by atoms with E-state index in [1.54, 1.807) is 0 Å². The van der Waals surface area contributed by atoms with Gasteiger partial charge in [0.15, 0.2) is 0 Å². The first-order valence-corrected chi connectivity index (χ1v) is 11.1. The van der Waals surface area contributed by atoms with Crippen LogP contribution in [0.25, 0.3) is 0 Å². The second kappa shape index (κ2) is 8.37. The van der Waals surface area contributed by atoms with E-state index in [1.807, 2.05) is 0 Å². The van der Waals surface area contributed by atoms with E-state index in [1.165, 1.54) is 80.9 Å². The summed E-state index contributed by atoms with van der Waals surface area (Å²) < 4.78 is -0.0689. The van der Waals surface area contributed by atoms with Gasteiger partial charge in [0.25, 0.3) is 0 Å².